The van der Waals surface area contributed by atoms with Crippen LogP contribution in [0.1, 0.15) is 17.7 Å². The van der Waals surface area contributed by atoms with Gasteiger partial charge in [0, 0.05) is 29.7 Å². The fourth-order valence-electron chi connectivity index (χ4n) is 2.76. The van der Waals surface area contributed by atoms with E-state index in [1.807, 2.05) is 0 Å². The van der Waals surface area contributed by atoms with Crippen molar-refractivity contribution in [3.63, 3.8) is 0 Å². The fraction of sp³-hybridized carbons (Fsp3) is 0.357. The smallest absolute Gasteiger partial charge is 0.347 e. The second-order valence-electron chi connectivity index (χ2n) is 4.59. The van der Waals surface area contributed by atoms with Crippen LogP contribution in [0.3, 0.4) is 0 Å². The molecule has 1 aromatic carbocycles. The highest BCUT2D eigenvalue weighted by Crippen LogP contribution is 2.30. The van der Waals surface area contributed by atoms with Crippen LogP contribution in [0, 0.1) is 0 Å². The van der Waals surface area contributed by atoms with Gasteiger partial charge >= 0.3 is 6.15 Å². The summed E-state index contributed by atoms with van der Waals surface area (Å²) in [6, 6.07) is 8.98. The Hall–Kier alpha value is -1.90. The largest absolute Gasteiger partial charge is 0.373 e. The third kappa shape index (κ3) is 2.08. The van der Waals surface area contributed by atoms with Crippen LogP contribution in [0.5, 0.6) is 0 Å². The molecule has 2 aromatic rings. The summed E-state index contributed by atoms with van der Waals surface area (Å²) in [5, 5.41) is 1.39. The number of rotatable bonds is 0. The molecule has 0 saturated carbocycles. The van der Waals surface area contributed by atoms with Crippen molar-refractivity contribution >= 4 is 17.1 Å². The second-order valence-corrected chi connectivity index (χ2v) is 4.59. The normalized spacial score (nSPS) is 17.6. The number of carbonyl (C=O) groups excluding carboxylic acids is 2. The van der Waals surface area contributed by atoms with Crippen molar-refractivity contribution in [2.45, 2.75) is 25.3 Å². The minimum atomic E-state index is 0.250. The first-order valence-electron chi connectivity index (χ1n) is 5.99. The van der Waals surface area contributed by atoms with Gasteiger partial charge in [-0.2, -0.15) is 9.59 Å². The maximum atomic E-state index is 8.12. The van der Waals surface area contributed by atoms with Crippen molar-refractivity contribution in [1.29, 1.82) is 0 Å². The summed E-state index contributed by atoms with van der Waals surface area (Å²) in [6.07, 6.45) is 3.54. The summed E-state index contributed by atoms with van der Waals surface area (Å²) in [7, 11) is 2.16. The highest BCUT2D eigenvalue weighted by Gasteiger charge is 2.21. The molecule has 0 amide bonds. The topological polar surface area (TPSA) is 65.1 Å². The number of hydrogen-bond donors (Lipinski definition) is 1. The minimum absolute atomic E-state index is 0.250. The van der Waals surface area contributed by atoms with E-state index in [0.29, 0.717) is 6.04 Å². The maximum Gasteiger partial charge on any atom is 0.373 e. The van der Waals surface area contributed by atoms with E-state index in [1.54, 1.807) is 0 Å². The minimum Gasteiger partial charge on any atom is -0.347 e. The molecular formula is C14H16N2O2. The van der Waals surface area contributed by atoms with E-state index in [1.165, 1.54) is 22.2 Å². The van der Waals surface area contributed by atoms with Crippen LogP contribution < -0.4 is 5.73 Å². The molecule has 0 saturated heterocycles. The van der Waals surface area contributed by atoms with Gasteiger partial charge in [-0.05, 0) is 30.9 Å². The molecule has 4 nitrogen and oxygen atoms in total. The van der Waals surface area contributed by atoms with Crippen LogP contribution in [0.25, 0.3) is 10.9 Å². The van der Waals surface area contributed by atoms with E-state index < -0.39 is 0 Å². The number of hydrogen-bond acceptors (Lipinski definition) is 3. The molecule has 4 heteroatoms. The Kier molecular flexibility index (Phi) is 3.60. The highest BCUT2D eigenvalue weighted by molar-refractivity contribution is 5.85. The van der Waals surface area contributed by atoms with Gasteiger partial charge in [0.2, 0.25) is 0 Å². The van der Waals surface area contributed by atoms with E-state index in [4.69, 9.17) is 15.3 Å². The number of fused-ring (bicyclic) bond motifs is 3. The zero-order valence-electron chi connectivity index (χ0n) is 10.3. The van der Waals surface area contributed by atoms with Crippen LogP contribution in [0.4, 0.5) is 0 Å². The second kappa shape index (κ2) is 5.17. The van der Waals surface area contributed by atoms with Crippen LogP contribution in [0.2, 0.25) is 0 Å². The average Bonchev–Trinajstić information content (AvgIpc) is 2.65. The van der Waals surface area contributed by atoms with Gasteiger partial charge in [-0.15, -0.1) is 0 Å². The third-order valence-electron chi connectivity index (χ3n) is 3.56. The van der Waals surface area contributed by atoms with Crippen LogP contribution in [-0.4, -0.2) is 16.8 Å². The van der Waals surface area contributed by atoms with E-state index in [2.05, 4.69) is 35.9 Å². The van der Waals surface area contributed by atoms with Gasteiger partial charge in [-0.25, -0.2) is 0 Å². The predicted molar refractivity (Wildman–Crippen MR) is 67.9 cm³/mol. The summed E-state index contributed by atoms with van der Waals surface area (Å²) >= 11 is 0. The van der Waals surface area contributed by atoms with Crippen molar-refractivity contribution in [2.24, 2.45) is 12.8 Å². The third-order valence-corrected chi connectivity index (χ3v) is 3.56. The van der Waals surface area contributed by atoms with Crippen LogP contribution >= 0.6 is 0 Å². The lowest BCUT2D eigenvalue weighted by Crippen LogP contribution is -2.28. The summed E-state index contributed by atoms with van der Waals surface area (Å²) in [5.74, 6) is 0. The molecule has 0 fully saturated rings. The predicted octanol–water partition coefficient (Wildman–Crippen LogP) is 1.41. The molecule has 1 aromatic heterocycles. The standard InChI is InChI=1S/C13H16N2.CO2/c1-15-12-5-3-2-4-10(12)11-8-9(14)6-7-13(11)15;2-1-3/h2-5,9H,6-8,14H2,1H3;. The Bertz CT molecular complexity index is 595. The number of para-hydroxylation sites is 1. The molecule has 3 rings (SSSR count). The molecule has 0 bridgehead atoms. The maximum absolute atomic E-state index is 8.12. The molecule has 1 aliphatic carbocycles. The first kappa shape index (κ1) is 12.6. The van der Waals surface area contributed by atoms with Gasteiger partial charge in [0.15, 0.2) is 0 Å². The Balaban J connectivity index is 0.000000367. The van der Waals surface area contributed by atoms with Gasteiger partial charge in [0.1, 0.15) is 0 Å². The van der Waals surface area contributed by atoms with E-state index in [0.717, 1.165) is 19.3 Å². The summed E-state index contributed by atoms with van der Waals surface area (Å²) in [6.45, 7) is 0. The zero-order chi connectivity index (χ0) is 13.1. The lowest BCUT2D eigenvalue weighted by molar-refractivity contribution is -0.191. The van der Waals surface area contributed by atoms with Crippen molar-refractivity contribution in [3.8, 4) is 0 Å². The summed E-state index contributed by atoms with van der Waals surface area (Å²) < 4.78 is 2.33. The number of nitrogens with zero attached hydrogens (tertiary/aromatic N) is 1. The molecule has 0 spiro atoms. The Labute approximate surface area is 105 Å². The number of nitrogens with two attached hydrogens (primary N) is 1. The monoisotopic (exact) mass is 244 g/mol. The average molecular weight is 244 g/mol. The molecule has 18 heavy (non-hydrogen) atoms. The van der Waals surface area contributed by atoms with Crippen LogP contribution in [0.15, 0.2) is 24.3 Å². The Morgan fingerprint density at radius 2 is 2.00 bits per heavy atom. The Morgan fingerprint density at radius 3 is 2.72 bits per heavy atom. The number of benzene rings is 1. The SMILES string of the molecule is Cn1c2c(c3ccccc31)CC(N)CC2.O=C=O. The molecule has 1 unspecified atom stereocenters. The highest BCUT2D eigenvalue weighted by atomic mass is 16.2. The lowest BCUT2D eigenvalue weighted by atomic mass is 9.92. The van der Waals surface area contributed by atoms with Crippen molar-refractivity contribution in [1.82, 2.24) is 4.57 Å². The quantitative estimate of drug-likeness (QED) is 0.762. The molecule has 1 aliphatic rings. The van der Waals surface area contributed by atoms with Crippen molar-refractivity contribution in [2.75, 3.05) is 0 Å². The molecule has 1 atom stereocenters. The summed E-state index contributed by atoms with van der Waals surface area (Å²) in [5.41, 5.74) is 10.3. The number of aryl methyl sites for hydroxylation is 1. The summed E-state index contributed by atoms with van der Waals surface area (Å²) in [4.78, 5) is 16.2. The van der Waals surface area contributed by atoms with E-state index in [-0.39, 0.29) is 6.15 Å². The van der Waals surface area contributed by atoms with E-state index in [9.17, 15) is 0 Å². The lowest BCUT2D eigenvalue weighted by Gasteiger charge is -2.19. The Morgan fingerprint density at radius 1 is 1.33 bits per heavy atom. The molecular weight excluding hydrogens is 228 g/mol. The van der Waals surface area contributed by atoms with Gasteiger partial charge in [-0.1, -0.05) is 18.2 Å². The van der Waals surface area contributed by atoms with Gasteiger partial charge in [-0.3, -0.25) is 0 Å². The first-order valence-corrected chi connectivity index (χ1v) is 5.99. The van der Waals surface area contributed by atoms with Crippen molar-refractivity contribution < 1.29 is 9.59 Å². The molecule has 0 radical (unpaired) electrons. The van der Waals surface area contributed by atoms with Crippen LogP contribution in [-0.2, 0) is 29.5 Å². The molecule has 94 valence electrons. The molecule has 2 N–H and O–H groups in total. The zero-order valence-corrected chi connectivity index (χ0v) is 10.3. The van der Waals surface area contributed by atoms with Gasteiger partial charge in [0.05, 0.1) is 0 Å². The first-order chi connectivity index (χ1) is 8.69. The van der Waals surface area contributed by atoms with Crippen molar-refractivity contribution in [3.05, 3.63) is 35.5 Å². The van der Waals surface area contributed by atoms with Gasteiger partial charge in [0.25, 0.3) is 0 Å². The number of aromatic nitrogens is 1. The molecule has 1 heterocycles. The fourth-order valence-corrected chi connectivity index (χ4v) is 2.76. The van der Waals surface area contributed by atoms with Gasteiger partial charge < -0.3 is 10.3 Å². The molecule has 0 aliphatic heterocycles. The van der Waals surface area contributed by atoms with E-state index >= 15 is 0 Å².